The van der Waals surface area contributed by atoms with Crippen LogP contribution in [0.25, 0.3) is 0 Å². The van der Waals surface area contributed by atoms with Gasteiger partial charge in [0.15, 0.2) is 0 Å². The summed E-state index contributed by atoms with van der Waals surface area (Å²) in [5.74, 6) is 5.95. The van der Waals surface area contributed by atoms with Crippen LogP contribution >= 0.6 is 0 Å². The molecule has 1 unspecified atom stereocenters. The lowest BCUT2D eigenvalue weighted by Gasteiger charge is -2.09. The number of hydrogen-bond donors (Lipinski definition) is 1. The Morgan fingerprint density at radius 3 is 2.92 bits per heavy atom. The number of aromatic nitrogens is 2. The van der Waals surface area contributed by atoms with Crippen molar-refractivity contribution in [2.45, 2.75) is 19.4 Å². The molecule has 0 aliphatic carbocycles. The van der Waals surface area contributed by atoms with E-state index < -0.39 is 0 Å². The van der Waals surface area contributed by atoms with Gasteiger partial charge in [-0.2, -0.15) is 5.10 Å². The maximum atomic E-state index is 4.12. The fourth-order valence-corrected chi connectivity index (χ4v) is 1.21. The summed E-state index contributed by atoms with van der Waals surface area (Å²) in [5, 5.41) is 7.33. The van der Waals surface area contributed by atoms with Gasteiger partial charge in [-0.15, -0.1) is 11.8 Å². The lowest BCUT2D eigenvalue weighted by Crippen LogP contribution is -2.15. The molecular weight excluding hydrogens is 162 g/mol. The molecule has 0 aliphatic heterocycles. The zero-order valence-electron chi connectivity index (χ0n) is 8.33. The van der Waals surface area contributed by atoms with E-state index in [9.17, 15) is 0 Å². The first-order chi connectivity index (χ1) is 6.27. The molecule has 3 heteroatoms. The van der Waals surface area contributed by atoms with Gasteiger partial charge in [-0.3, -0.25) is 4.68 Å². The second-order valence-corrected chi connectivity index (χ2v) is 2.92. The molecule has 0 saturated heterocycles. The van der Waals surface area contributed by atoms with Crippen molar-refractivity contribution >= 4 is 0 Å². The van der Waals surface area contributed by atoms with Crippen molar-refractivity contribution in [3.63, 3.8) is 0 Å². The van der Waals surface area contributed by atoms with E-state index in [2.05, 4.69) is 22.3 Å². The van der Waals surface area contributed by atoms with Gasteiger partial charge in [-0.25, -0.2) is 0 Å². The molecule has 1 N–H and O–H groups in total. The molecule has 1 atom stereocenters. The maximum absolute atomic E-state index is 4.12. The first-order valence-corrected chi connectivity index (χ1v) is 4.33. The highest BCUT2D eigenvalue weighted by atomic mass is 15.2. The highest BCUT2D eigenvalue weighted by Crippen LogP contribution is 2.13. The van der Waals surface area contributed by atoms with Crippen LogP contribution in [0.5, 0.6) is 0 Å². The third kappa shape index (κ3) is 2.60. The van der Waals surface area contributed by atoms with Gasteiger partial charge < -0.3 is 5.32 Å². The molecule has 0 fully saturated rings. The molecule has 13 heavy (non-hydrogen) atoms. The third-order valence-electron chi connectivity index (χ3n) is 1.96. The van der Waals surface area contributed by atoms with Gasteiger partial charge in [0, 0.05) is 31.3 Å². The molecule has 0 amide bonds. The minimum Gasteiger partial charge on any atom is -0.312 e. The van der Waals surface area contributed by atoms with Crippen molar-refractivity contribution in [3.8, 4) is 11.8 Å². The Hall–Kier alpha value is -1.27. The molecule has 0 bridgehead atoms. The second-order valence-electron chi connectivity index (χ2n) is 2.92. The molecule has 70 valence electrons. The van der Waals surface area contributed by atoms with Crippen LogP contribution in [0.1, 0.15) is 24.9 Å². The molecule has 0 saturated carbocycles. The third-order valence-corrected chi connectivity index (χ3v) is 1.96. The van der Waals surface area contributed by atoms with Crippen LogP contribution in [0.3, 0.4) is 0 Å². The van der Waals surface area contributed by atoms with Crippen molar-refractivity contribution in [3.05, 3.63) is 18.0 Å². The summed E-state index contributed by atoms with van der Waals surface area (Å²) in [5.41, 5.74) is 1.19. The molecule has 1 aromatic rings. The SMILES string of the molecule is CC#CCC(NC)c1cnn(C)c1. The summed E-state index contributed by atoms with van der Waals surface area (Å²) in [4.78, 5) is 0. The molecular formula is C10H15N3. The Bertz CT molecular complexity index is 316. The van der Waals surface area contributed by atoms with Crippen molar-refractivity contribution in [1.29, 1.82) is 0 Å². The van der Waals surface area contributed by atoms with Gasteiger partial charge in [-0.05, 0) is 14.0 Å². The Morgan fingerprint density at radius 2 is 2.46 bits per heavy atom. The van der Waals surface area contributed by atoms with Crippen LogP contribution in [0.2, 0.25) is 0 Å². The molecule has 1 rings (SSSR count). The van der Waals surface area contributed by atoms with Crippen LogP contribution in [-0.2, 0) is 7.05 Å². The Labute approximate surface area is 79.1 Å². The van der Waals surface area contributed by atoms with Crippen molar-refractivity contribution in [2.24, 2.45) is 7.05 Å². The number of aryl methyl sites for hydroxylation is 1. The first kappa shape index (κ1) is 9.82. The lowest BCUT2D eigenvalue weighted by atomic mass is 10.1. The Morgan fingerprint density at radius 1 is 1.69 bits per heavy atom. The topological polar surface area (TPSA) is 29.9 Å². The molecule has 0 radical (unpaired) electrons. The van der Waals surface area contributed by atoms with Gasteiger partial charge in [0.05, 0.1) is 6.20 Å². The molecule has 1 aromatic heterocycles. The quantitative estimate of drug-likeness (QED) is 0.700. The van der Waals surface area contributed by atoms with Crippen molar-refractivity contribution < 1.29 is 0 Å². The average molecular weight is 177 g/mol. The average Bonchev–Trinajstić information content (AvgIpc) is 2.54. The van der Waals surface area contributed by atoms with Crippen LogP contribution in [0, 0.1) is 11.8 Å². The predicted molar refractivity (Wildman–Crippen MR) is 53.1 cm³/mol. The maximum Gasteiger partial charge on any atom is 0.0537 e. The number of rotatable bonds is 3. The summed E-state index contributed by atoms with van der Waals surface area (Å²) in [6.45, 7) is 1.86. The van der Waals surface area contributed by atoms with E-state index in [1.54, 1.807) is 4.68 Å². The monoisotopic (exact) mass is 177 g/mol. The van der Waals surface area contributed by atoms with Crippen molar-refractivity contribution in [1.82, 2.24) is 15.1 Å². The van der Waals surface area contributed by atoms with Gasteiger partial charge in [0.1, 0.15) is 0 Å². The van der Waals surface area contributed by atoms with E-state index in [1.807, 2.05) is 33.4 Å². The van der Waals surface area contributed by atoms with Gasteiger partial charge in [0.2, 0.25) is 0 Å². The molecule has 0 aliphatic rings. The standard InChI is InChI=1S/C10H15N3/c1-4-5-6-10(11-2)9-7-12-13(3)8-9/h7-8,10-11H,6H2,1-3H3. The largest absolute Gasteiger partial charge is 0.312 e. The summed E-state index contributed by atoms with van der Waals surface area (Å²) >= 11 is 0. The van der Waals surface area contributed by atoms with Crippen LogP contribution in [0.4, 0.5) is 0 Å². The van der Waals surface area contributed by atoms with Gasteiger partial charge >= 0.3 is 0 Å². The highest BCUT2D eigenvalue weighted by Gasteiger charge is 2.08. The van der Waals surface area contributed by atoms with E-state index in [4.69, 9.17) is 0 Å². The van der Waals surface area contributed by atoms with Crippen LogP contribution in [-0.4, -0.2) is 16.8 Å². The second kappa shape index (κ2) is 4.68. The molecule has 3 nitrogen and oxygen atoms in total. The van der Waals surface area contributed by atoms with Crippen molar-refractivity contribution in [2.75, 3.05) is 7.05 Å². The Balaban J connectivity index is 2.70. The zero-order chi connectivity index (χ0) is 9.68. The lowest BCUT2D eigenvalue weighted by molar-refractivity contribution is 0.610. The number of hydrogen-bond acceptors (Lipinski definition) is 2. The fourth-order valence-electron chi connectivity index (χ4n) is 1.21. The normalized spacial score (nSPS) is 11.9. The van der Waals surface area contributed by atoms with E-state index >= 15 is 0 Å². The number of nitrogens with zero attached hydrogens (tertiary/aromatic N) is 2. The number of nitrogens with one attached hydrogen (secondary N) is 1. The highest BCUT2D eigenvalue weighted by molar-refractivity contribution is 5.13. The van der Waals surface area contributed by atoms with E-state index in [0.29, 0.717) is 6.04 Å². The first-order valence-electron chi connectivity index (χ1n) is 4.33. The summed E-state index contributed by atoms with van der Waals surface area (Å²) in [7, 11) is 3.86. The minimum atomic E-state index is 0.293. The zero-order valence-corrected chi connectivity index (χ0v) is 8.33. The van der Waals surface area contributed by atoms with E-state index in [-0.39, 0.29) is 0 Å². The Kier molecular flexibility index (Phi) is 3.53. The van der Waals surface area contributed by atoms with E-state index in [0.717, 1.165) is 6.42 Å². The summed E-state index contributed by atoms with van der Waals surface area (Å²) in [6, 6.07) is 0.293. The molecule has 0 aromatic carbocycles. The van der Waals surface area contributed by atoms with Gasteiger partial charge in [0.25, 0.3) is 0 Å². The smallest absolute Gasteiger partial charge is 0.0537 e. The van der Waals surface area contributed by atoms with Crippen LogP contribution < -0.4 is 5.32 Å². The van der Waals surface area contributed by atoms with Gasteiger partial charge in [-0.1, -0.05) is 0 Å². The molecule has 1 heterocycles. The van der Waals surface area contributed by atoms with E-state index in [1.165, 1.54) is 5.56 Å². The fraction of sp³-hybridized carbons (Fsp3) is 0.500. The minimum absolute atomic E-state index is 0.293. The molecule has 0 spiro atoms. The predicted octanol–water partition coefficient (Wildman–Crippen LogP) is 1.09. The van der Waals surface area contributed by atoms with Crippen LogP contribution in [0.15, 0.2) is 12.4 Å². The summed E-state index contributed by atoms with van der Waals surface area (Å²) < 4.78 is 1.80. The summed E-state index contributed by atoms with van der Waals surface area (Å²) in [6.07, 6.45) is 4.72.